The molecular weight excluding hydrogens is 458 g/mol. The quantitative estimate of drug-likeness (QED) is 0.346. The highest BCUT2D eigenvalue weighted by molar-refractivity contribution is 14.0. The van der Waals surface area contributed by atoms with Crippen molar-refractivity contribution in [1.82, 2.24) is 10.2 Å². The van der Waals surface area contributed by atoms with Gasteiger partial charge in [0.15, 0.2) is 5.96 Å². The highest BCUT2D eigenvalue weighted by Crippen LogP contribution is 2.19. The Balaban J connectivity index is 0.00000261. The average Bonchev–Trinajstić information content (AvgIpc) is 3.05. The first-order valence-electron chi connectivity index (χ1n) is 8.18. The highest BCUT2D eigenvalue weighted by atomic mass is 127. The summed E-state index contributed by atoms with van der Waals surface area (Å²) >= 11 is 0. The molecule has 0 atom stereocenters. The zero-order valence-electron chi connectivity index (χ0n) is 15.1. The minimum absolute atomic E-state index is 0. The lowest BCUT2D eigenvalue weighted by Crippen LogP contribution is -2.38. The molecule has 140 valence electrons. The Labute approximate surface area is 174 Å². The van der Waals surface area contributed by atoms with Gasteiger partial charge in [-0.1, -0.05) is 24.3 Å². The summed E-state index contributed by atoms with van der Waals surface area (Å²) in [6.45, 7) is 0.804. The second-order valence-electron chi connectivity index (χ2n) is 5.93. The minimum Gasteiger partial charge on any atom is -0.459 e. The lowest BCUT2D eigenvalue weighted by molar-refractivity contribution is 0.412. The largest absolute Gasteiger partial charge is 0.459 e. The fourth-order valence-corrected chi connectivity index (χ4v) is 2.74. The van der Waals surface area contributed by atoms with Crippen LogP contribution < -0.4 is 5.32 Å². The number of benzene rings is 2. The molecule has 0 aliphatic rings. The molecule has 0 spiro atoms. The third-order valence-corrected chi connectivity index (χ3v) is 4.06. The number of nitrogens with zero attached hydrogens (tertiary/aromatic N) is 3. The van der Waals surface area contributed by atoms with Crippen LogP contribution in [0.25, 0.3) is 11.0 Å². The van der Waals surface area contributed by atoms with Gasteiger partial charge in [-0.3, -0.25) is 4.99 Å². The van der Waals surface area contributed by atoms with E-state index in [0.717, 1.165) is 16.7 Å². The van der Waals surface area contributed by atoms with Gasteiger partial charge in [0, 0.05) is 31.6 Å². The number of furan rings is 1. The molecule has 3 aromatic rings. The third kappa shape index (κ3) is 4.98. The molecule has 5 nitrogen and oxygen atoms in total. The van der Waals surface area contributed by atoms with E-state index in [1.165, 1.54) is 6.07 Å². The van der Waals surface area contributed by atoms with Crippen LogP contribution in [0.3, 0.4) is 0 Å². The van der Waals surface area contributed by atoms with Gasteiger partial charge in [0.05, 0.1) is 18.2 Å². The average molecular weight is 478 g/mol. The van der Waals surface area contributed by atoms with Crippen molar-refractivity contribution in [2.24, 2.45) is 4.99 Å². The molecule has 0 bridgehead atoms. The van der Waals surface area contributed by atoms with Crippen molar-refractivity contribution in [1.29, 1.82) is 5.26 Å². The van der Waals surface area contributed by atoms with Gasteiger partial charge < -0.3 is 14.6 Å². The monoisotopic (exact) mass is 478 g/mol. The number of nitrogens with one attached hydrogen (secondary N) is 1. The van der Waals surface area contributed by atoms with Gasteiger partial charge in [0.25, 0.3) is 0 Å². The Morgan fingerprint density at radius 2 is 2.04 bits per heavy atom. The second kappa shape index (κ2) is 9.37. The summed E-state index contributed by atoms with van der Waals surface area (Å²) in [7, 11) is 3.56. The number of nitriles is 1. The number of hydrogen-bond acceptors (Lipinski definition) is 3. The van der Waals surface area contributed by atoms with Crippen LogP contribution in [0.2, 0.25) is 0 Å². The molecule has 0 aliphatic carbocycles. The van der Waals surface area contributed by atoms with E-state index in [-0.39, 0.29) is 30.5 Å². The first-order valence-corrected chi connectivity index (χ1v) is 8.18. The zero-order valence-corrected chi connectivity index (χ0v) is 17.4. The van der Waals surface area contributed by atoms with Crippen molar-refractivity contribution in [3.05, 3.63) is 71.2 Å². The molecule has 0 aliphatic heterocycles. The van der Waals surface area contributed by atoms with E-state index < -0.39 is 5.82 Å². The second-order valence-corrected chi connectivity index (χ2v) is 5.93. The molecule has 7 heteroatoms. The van der Waals surface area contributed by atoms with E-state index >= 15 is 0 Å². The Kier molecular flexibility index (Phi) is 7.19. The van der Waals surface area contributed by atoms with Crippen molar-refractivity contribution >= 4 is 40.9 Å². The molecule has 0 radical (unpaired) electrons. The maximum atomic E-state index is 14.0. The number of halogens is 2. The maximum absolute atomic E-state index is 14.0. The van der Waals surface area contributed by atoms with Crippen LogP contribution in [0.15, 0.2) is 57.9 Å². The van der Waals surface area contributed by atoms with Crippen molar-refractivity contribution in [3.8, 4) is 6.07 Å². The van der Waals surface area contributed by atoms with Gasteiger partial charge in [-0.25, -0.2) is 4.39 Å². The van der Waals surface area contributed by atoms with E-state index in [4.69, 9.17) is 9.68 Å². The topological polar surface area (TPSA) is 64.6 Å². The number of guanidine groups is 1. The molecule has 0 saturated carbocycles. The van der Waals surface area contributed by atoms with Crippen LogP contribution in [-0.2, 0) is 13.1 Å². The highest BCUT2D eigenvalue weighted by Gasteiger charge is 2.11. The first kappa shape index (κ1) is 20.7. The van der Waals surface area contributed by atoms with Gasteiger partial charge >= 0.3 is 0 Å². The number of para-hydroxylation sites is 1. The van der Waals surface area contributed by atoms with Crippen molar-refractivity contribution in [2.75, 3.05) is 14.1 Å². The number of rotatable bonds is 4. The van der Waals surface area contributed by atoms with Crippen molar-refractivity contribution in [3.63, 3.8) is 0 Å². The molecule has 2 aromatic carbocycles. The van der Waals surface area contributed by atoms with Crippen molar-refractivity contribution < 1.29 is 8.81 Å². The maximum Gasteiger partial charge on any atom is 0.194 e. The summed E-state index contributed by atoms with van der Waals surface area (Å²) in [5.74, 6) is 1.03. The van der Waals surface area contributed by atoms with Gasteiger partial charge in [-0.15, -0.1) is 24.0 Å². The fraction of sp³-hybridized carbons (Fsp3) is 0.200. The van der Waals surface area contributed by atoms with Gasteiger partial charge in [0.2, 0.25) is 0 Å². The zero-order chi connectivity index (χ0) is 18.5. The normalized spacial score (nSPS) is 11.0. The van der Waals surface area contributed by atoms with Gasteiger partial charge in [-0.2, -0.15) is 5.26 Å². The summed E-state index contributed by atoms with van der Waals surface area (Å²) in [5.41, 5.74) is 1.62. The lowest BCUT2D eigenvalue weighted by atomic mass is 10.1. The number of fused-ring (bicyclic) bond motifs is 1. The Morgan fingerprint density at radius 3 is 2.70 bits per heavy atom. The summed E-state index contributed by atoms with van der Waals surface area (Å²) in [6.07, 6.45) is 0. The van der Waals surface area contributed by atoms with Crippen LogP contribution in [0.1, 0.15) is 16.9 Å². The smallest absolute Gasteiger partial charge is 0.194 e. The predicted molar refractivity (Wildman–Crippen MR) is 114 cm³/mol. The Bertz CT molecular complexity index is 960. The summed E-state index contributed by atoms with van der Waals surface area (Å²) in [6, 6.07) is 16.2. The number of hydrogen-bond donors (Lipinski definition) is 1. The molecule has 0 unspecified atom stereocenters. The van der Waals surface area contributed by atoms with Crippen molar-refractivity contribution in [2.45, 2.75) is 13.1 Å². The Hall–Kier alpha value is -2.60. The van der Waals surface area contributed by atoms with Crippen LogP contribution in [0.4, 0.5) is 4.39 Å². The summed E-state index contributed by atoms with van der Waals surface area (Å²) in [5, 5.41) is 13.0. The van der Waals surface area contributed by atoms with Crippen LogP contribution in [0.5, 0.6) is 0 Å². The van der Waals surface area contributed by atoms with E-state index in [0.29, 0.717) is 23.6 Å². The molecule has 0 saturated heterocycles. The third-order valence-electron chi connectivity index (χ3n) is 4.06. The summed E-state index contributed by atoms with van der Waals surface area (Å²) < 4.78 is 19.8. The molecular formula is C20H20FIN4O. The fourth-order valence-electron chi connectivity index (χ4n) is 2.74. The van der Waals surface area contributed by atoms with Gasteiger partial charge in [-0.05, 0) is 24.3 Å². The van der Waals surface area contributed by atoms with E-state index in [9.17, 15) is 4.39 Å². The van der Waals surface area contributed by atoms with Gasteiger partial charge in [0.1, 0.15) is 17.2 Å². The van der Waals surface area contributed by atoms with E-state index in [2.05, 4.69) is 10.3 Å². The first-order chi connectivity index (χ1) is 12.6. The predicted octanol–water partition coefficient (Wildman–Crippen LogP) is 4.27. The molecule has 27 heavy (non-hydrogen) atoms. The van der Waals surface area contributed by atoms with Crippen LogP contribution in [0, 0.1) is 17.1 Å². The van der Waals surface area contributed by atoms with E-state index in [1.54, 1.807) is 19.2 Å². The van der Waals surface area contributed by atoms with Crippen LogP contribution >= 0.6 is 24.0 Å². The van der Waals surface area contributed by atoms with E-state index in [1.807, 2.05) is 48.3 Å². The standard InChI is InChI=1S/C20H19FN4O.HI/c1-23-20(24-12-16-8-7-14(11-22)9-18(16)21)25(2)13-17-10-15-5-3-4-6-19(15)26-17;/h3-10H,12-13H2,1-2H3,(H,23,24);1H. The molecule has 1 N–H and O–H groups in total. The SMILES string of the molecule is CN=C(NCc1ccc(C#N)cc1F)N(C)Cc1cc2ccccc2o1.I. The molecule has 3 rings (SSSR count). The molecule has 1 aromatic heterocycles. The number of aliphatic imine (C=N–C) groups is 1. The minimum atomic E-state index is -0.410. The summed E-state index contributed by atoms with van der Waals surface area (Å²) in [4.78, 5) is 6.13. The lowest BCUT2D eigenvalue weighted by Gasteiger charge is -2.21. The molecule has 0 amide bonds. The molecule has 1 heterocycles. The molecule has 0 fully saturated rings. The Morgan fingerprint density at radius 1 is 1.26 bits per heavy atom. The van der Waals surface area contributed by atoms with Crippen LogP contribution in [-0.4, -0.2) is 25.0 Å².